The van der Waals surface area contributed by atoms with E-state index in [1.807, 2.05) is 36.1 Å². The van der Waals surface area contributed by atoms with Crippen molar-refractivity contribution < 1.29 is 18.7 Å². The Morgan fingerprint density at radius 3 is 2.42 bits per heavy atom. The van der Waals surface area contributed by atoms with Crippen molar-refractivity contribution >= 4 is 11.8 Å². The van der Waals surface area contributed by atoms with Crippen molar-refractivity contribution in [2.24, 2.45) is 5.92 Å². The molecule has 2 aromatic rings. The second-order valence-corrected chi connectivity index (χ2v) is 8.29. The highest BCUT2D eigenvalue weighted by Crippen LogP contribution is 2.35. The summed E-state index contributed by atoms with van der Waals surface area (Å²) in [5.74, 6) is 0.276. The van der Waals surface area contributed by atoms with Crippen LogP contribution in [0.2, 0.25) is 0 Å². The molecule has 2 aliphatic heterocycles. The summed E-state index contributed by atoms with van der Waals surface area (Å²) in [4.78, 5) is 30.0. The number of hydrogen-bond donors (Lipinski definition) is 0. The van der Waals surface area contributed by atoms with Crippen LogP contribution in [0, 0.1) is 11.7 Å². The first-order valence-corrected chi connectivity index (χ1v) is 11.1. The normalized spacial score (nSPS) is 21.2. The highest BCUT2D eigenvalue weighted by atomic mass is 19.1. The van der Waals surface area contributed by atoms with E-state index < -0.39 is 0 Å². The second-order valence-electron chi connectivity index (χ2n) is 8.29. The molecule has 2 unspecified atom stereocenters. The summed E-state index contributed by atoms with van der Waals surface area (Å²) in [7, 11) is 0. The number of amides is 2. The van der Waals surface area contributed by atoms with Crippen LogP contribution < -0.4 is 4.74 Å². The average molecular weight is 425 g/mol. The summed E-state index contributed by atoms with van der Waals surface area (Å²) in [6, 6.07) is 13.7. The molecule has 2 aromatic carbocycles. The van der Waals surface area contributed by atoms with Gasteiger partial charge in [0.25, 0.3) is 5.91 Å². The molecule has 0 N–H and O–H groups in total. The maximum absolute atomic E-state index is 13.4. The molecule has 0 bridgehead atoms. The Kier molecular flexibility index (Phi) is 6.54. The van der Waals surface area contributed by atoms with Gasteiger partial charge in [0, 0.05) is 25.2 Å². The number of halogens is 1. The molecular formula is C25H29FN2O3. The van der Waals surface area contributed by atoms with Gasteiger partial charge in [0.1, 0.15) is 11.6 Å². The molecule has 2 fully saturated rings. The van der Waals surface area contributed by atoms with Crippen LogP contribution in [-0.4, -0.2) is 47.9 Å². The topological polar surface area (TPSA) is 49.9 Å². The van der Waals surface area contributed by atoms with E-state index in [2.05, 4.69) is 0 Å². The molecule has 0 spiro atoms. The number of piperidine rings is 1. The van der Waals surface area contributed by atoms with E-state index in [0.29, 0.717) is 25.3 Å². The third-order valence-corrected chi connectivity index (χ3v) is 6.26. The number of rotatable bonds is 5. The van der Waals surface area contributed by atoms with E-state index >= 15 is 0 Å². The Hall–Kier alpha value is -2.89. The summed E-state index contributed by atoms with van der Waals surface area (Å²) < 4.78 is 18.7. The number of hydrogen-bond acceptors (Lipinski definition) is 3. The molecule has 0 saturated carbocycles. The van der Waals surface area contributed by atoms with E-state index in [9.17, 15) is 14.0 Å². The fraction of sp³-hybridized carbons (Fsp3) is 0.440. The van der Waals surface area contributed by atoms with Gasteiger partial charge in [-0.15, -0.1) is 0 Å². The quantitative estimate of drug-likeness (QED) is 0.713. The molecule has 2 amide bonds. The van der Waals surface area contributed by atoms with Gasteiger partial charge >= 0.3 is 0 Å². The molecule has 5 nitrogen and oxygen atoms in total. The van der Waals surface area contributed by atoms with Crippen molar-refractivity contribution in [1.29, 1.82) is 0 Å². The largest absolute Gasteiger partial charge is 0.494 e. The number of carbonyl (C=O) groups excluding carboxylic acids is 2. The molecule has 164 valence electrons. The number of likely N-dealkylation sites (tertiary alicyclic amines) is 2. The van der Waals surface area contributed by atoms with Gasteiger partial charge in [0.15, 0.2) is 0 Å². The summed E-state index contributed by atoms with van der Waals surface area (Å²) in [6.45, 7) is 4.38. The van der Waals surface area contributed by atoms with Gasteiger partial charge in [-0.25, -0.2) is 4.39 Å². The number of benzene rings is 2. The number of nitrogens with zero attached hydrogens (tertiary/aromatic N) is 2. The third kappa shape index (κ3) is 4.73. The molecule has 2 heterocycles. The fourth-order valence-corrected chi connectivity index (χ4v) is 4.70. The fourth-order valence-electron chi connectivity index (χ4n) is 4.70. The minimum Gasteiger partial charge on any atom is -0.494 e. The van der Waals surface area contributed by atoms with Gasteiger partial charge in [0.05, 0.1) is 18.6 Å². The van der Waals surface area contributed by atoms with Crippen molar-refractivity contribution in [1.82, 2.24) is 9.80 Å². The van der Waals surface area contributed by atoms with E-state index in [0.717, 1.165) is 43.5 Å². The van der Waals surface area contributed by atoms with Crippen LogP contribution in [0.1, 0.15) is 54.6 Å². The lowest BCUT2D eigenvalue weighted by Crippen LogP contribution is -2.46. The lowest BCUT2D eigenvalue weighted by molar-refractivity contribution is -0.138. The lowest BCUT2D eigenvalue weighted by atomic mass is 9.94. The zero-order valence-electron chi connectivity index (χ0n) is 17.9. The van der Waals surface area contributed by atoms with Crippen molar-refractivity contribution in [2.75, 3.05) is 26.2 Å². The van der Waals surface area contributed by atoms with Crippen LogP contribution in [-0.2, 0) is 4.79 Å². The molecular weight excluding hydrogens is 395 g/mol. The Labute approximate surface area is 182 Å². The van der Waals surface area contributed by atoms with Crippen molar-refractivity contribution in [3.8, 4) is 5.75 Å². The number of ether oxygens (including phenoxy) is 1. The lowest BCUT2D eigenvalue weighted by Gasteiger charge is -2.36. The maximum atomic E-state index is 13.4. The van der Waals surface area contributed by atoms with Crippen molar-refractivity contribution in [2.45, 2.75) is 38.6 Å². The molecule has 0 aliphatic carbocycles. The molecule has 0 aromatic heterocycles. The molecule has 0 radical (unpaired) electrons. The highest BCUT2D eigenvalue weighted by molar-refractivity contribution is 5.94. The zero-order chi connectivity index (χ0) is 21.8. The highest BCUT2D eigenvalue weighted by Gasteiger charge is 2.36. The summed E-state index contributed by atoms with van der Waals surface area (Å²) in [6.07, 6.45) is 3.52. The second kappa shape index (κ2) is 9.50. The van der Waals surface area contributed by atoms with Gasteiger partial charge in [-0.1, -0.05) is 12.1 Å². The summed E-state index contributed by atoms with van der Waals surface area (Å²) in [5.41, 5.74) is 1.59. The first-order valence-electron chi connectivity index (χ1n) is 11.1. The Bertz CT molecular complexity index is 913. The smallest absolute Gasteiger partial charge is 0.253 e. The van der Waals surface area contributed by atoms with E-state index in [4.69, 9.17) is 4.74 Å². The summed E-state index contributed by atoms with van der Waals surface area (Å²) in [5, 5.41) is 0. The van der Waals surface area contributed by atoms with E-state index in [-0.39, 0.29) is 29.6 Å². The predicted octanol–water partition coefficient (Wildman–Crippen LogP) is 4.44. The van der Waals surface area contributed by atoms with Crippen LogP contribution in [0.3, 0.4) is 0 Å². The average Bonchev–Trinajstić information content (AvgIpc) is 3.29. The van der Waals surface area contributed by atoms with E-state index in [1.165, 1.54) is 24.3 Å². The van der Waals surface area contributed by atoms with Gasteiger partial charge in [0.2, 0.25) is 5.91 Å². The van der Waals surface area contributed by atoms with Crippen LogP contribution in [0.15, 0.2) is 48.5 Å². The zero-order valence-corrected chi connectivity index (χ0v) is 17.9. The van der Waals surface area contributed by atoms with Gasteiger partial charge in [-0.3, -0.25) is 9.59 Å². The van der Waals surface area contributed by atoms with Gasteiger partial charge < -0.3 is 14.5 Å². The van der Waals surface area contributed by atoms with Crippen LogP contribution in [0.25, 0.3) is 0 Å². The number of carbonyl (C=O) groups is 2. The molecule has 4 rings (SSSR count). The van der Waals surface area contributed by atoms with Crippen LogP contribution in [0.5, 0.6) is 5.75 Å². The molecule has 2 aliphatic rings. The van der Waals surface area contributed by atoms with Crippen LogP contribution in [0.4, 0.5) is 4.39 Å². The molecule has 2 atom stereocenters. The third-order valence-electron chi connectivity index (χ3n) is 6.26. The van der Waals surface area contributed by atoms with Gasteiger partial charge in [-0.05, 0) is 74.6 Å². The first kappa shape index (κ1) is 21.3. The first-order chi connectivity index (χ1) is 15.1. The Morgan fingerprint density at radius 2 is 1.71 bits per heavy atom. The SMILES string of the molecule is CCOc1ccc(C2CCCN2C(=O)C2CCCN(C(=O)c3ccc(F)cc3)C2)cc1. The van der Waals surface area contributed by atoms with Crippen molar-refractivity contribution in [3.63, 3.8) is 0 Å². The minimum atomic E-state index is -0.363. The standard InChI is InChI=1S/C25H29FN2O3/c1-2-31-22-13-9-18(10-14-22)23-6-4-16-28(23)25(30)20-5-3-15-27(17-20)24(29)19-7-11-21(26)12-8-19/h7-14,20,23H,2-6,15-17H2,1H3. The Balaban J connectivity index is 1.44. The predicted molar refractivity (Wildman–Crippen MR) is 116 cm³/mol. The maximum Gasteiger partial charge on any atom is 0.253 e. The monoisotopic (exact) mass is 424 g/mol. The Morgan fingerprint density at radius 1 is 1.00 bits per heavy atom. The molecule has 31 heavy (non-hydrogen) atoms. The van der Waals surface area contributed by atoms with E-state index in [1.54, 1.807) is 4.90 Å². The van der Waals surface area contributed by atoms with Crippen molar-refractivity contribution in [3.05, 3.63) is 65.5 Å². The minimum absolute atomic E-state index is 0.0753. The van der Waals surface area contributed by atoms with Gasteiger partial charge in [-0.2, -0.15) is 0 Å². The van der Waals surface area contributed by atoms with Crippen LogP contribution >= 0.6 is 0 Å². The summed E-state index contributed by atoms with van der Waals surface area (Å²) >= 11 is 0. The molecule has 2 saturated heterocycles. The molecule has 6 heteroatoms.